The number of aromatic nitrogens is 1. The zero-order valence-corrected chi connectivity index (χ0v) is 11.6. The number of hydrogen-bond acceptors (Lipinski definition) is 0. The molecular weight excluding hydrogens is 242 g/mol. The zero-order chi connectivity index (χ0) is 13.5. The van der Waals surface area contributed by atoms with Crippen LogP contribution in [0.1, 0.15) is 11.3 Å². The predicted octanol–water partition coefficient (Wildman–Crippen LogP) is 4.69. The van der Waals surface area contributed by atoms with E-state index in [2.05, 4.69) is 72.2 Å². The van der Waals surface area contributed by atoms with Crippen LogP contribution in [0.25, 0.3) is 22.4 Å². The van der Waals surface area contributed by atoms with E-state index in [4.69, 9.17) is 0 Å². The van der Waals surface area contributed by atoms with Gasteiger partial charge < -0.3 is 4.57 Å². The maximum Gasteiger partial charge on any atom is 0.0564 e. The summed E-state index contributed by atoms with van der Waals surface area (Å²) in [5.74, 6) is 0. The van der Waals surface area contributed by atoms with Crippen LogP contribution in [0.3, 0.4) is 0 Å². The van der Waals surface area contributed by atoms with Gasteiger partial charge in [-0.05, 0) is 30.5 Å². The number of hydrogen-bond donors (Lipinski definition) is 0. The van der Waals surface area contributed by atoms with Crippen molar-refractivity contribution in [3.63, 3.8) is 0 Å². The second kappa shape index (κ2) is 4.38. The fourth-order valence-electron chi connectivity index (χ4n) is 3.29. The molecule has 0 aliphatic carbocycles. The van der Waals surface area contributed by atoms with Gasteiger partial charge in [-0.3, -0.25) is 0 Å². The van der Waals surface area contributed by atoms with Crippen LogP contribution >= 0.6 is 0 Å². The van der Waals surface area contributed by atoms with Crippen molar-refractivity contribution >= 4 is 0 Å². The smallest absolute Gasteiger partial charge is 0.0564 e. The molecule has 1 nitrogen and oxygen atoms in total. The van der Waals surface area contributed by atoms with E-state index < -0.39 is 0 Å². The molecule has 0 unspecified atom stereocenters. The van der Waals surface area contributed by atoms with Crippen molar-refractivity contribution in [2.75, 3.05) is 0 Å². The van der Waals surface area contributed by atoms with Crippen LogP contribution in [0, 0.1) is 6.92 Å². The van der Waals surface area contributed by atoms with E-state index in [9.17, 15) is 0 Å². The molecule has 0 spiro atoms. The van der Waals surface area contributed by atoms with Gasteiger partial charge in [0, 0.05) is 23.4 Å². The molecule has 0 fully saturated rings. The van der Waals surface area contributed by atoms with E-state index in [0.717, 1.165) is 13.0 Å². The molecule has 3 aromatic rings. The van der Waals surface area contributed by atoms with Gasteiger partial charge in [-0.2, -0.15) is 0 Å². The maximum atomic E-state index is 2.46. The number of aryl methyl sites for hydroxylation is 2. The molecule has 0 N–H and O–H groups in total. The molecule has 98 valence electrons. The molecule has 0 bridgehead atoms. The highest BCUT2D eigenvalue weighted by molar-refractivity contribution is 5.84. The number of rotatable bonds is 1. The first-order valence-electron chi connectivity index (χ1n) is 7.18. The van der Waals surface area contributed by atoms with Gasteiger partial charge in [-0.1, -0.05) is 54.6 Å². The molecule has 1 heteroatoms. The largest absolute Gasteiger partial charge is 0.344 e. The summed E-state index contributed by atoms with van der Waals surface area (Å²) in [5, 5.41) is 0. The minimum absolute atomic E-state index is 1.09. The van der Waals surface area contributed by atoms with Crippen LogP contribution in [0.5, 0.6) is 0 Å². The summed E-state index contributed by atoms with van der Waals surface area (Å²) in [6.45, 7) is 3.30. The Morgan fingerprint density at radius 3 is 2.45 bits per heavy atom. The Morgan fingerprint density at radius 1 is 0.850 bits per heavy atom. The summed E-state index contributed by atoms with van der Waals surface area (Å²) in [6, 6.07) is 21.8. The first kappa shape index (κ1) is 11.5. The molecule has 1 aromatic heterocycles. The molecule has 0 atom stereocenters. The van der Waals surface area contributed by atoms with Gasteiger partial charge in [-0.25, -0.2) is 0 Å². The first-order valence-corrected chi connectivity index (χ1v) is 7.18. The van der Waals surface area contributed by atoms with Crippen molar-refractivity contribution in [1.29, 1.82) is 0 Å². The van der Waals surface area contributed by atoms with Crippen LogP contribution in [-0.4, -0.2) is 4.57 Å². The fraction of sp³-hybridized carbons (Fsp3) is 0.158. The predicted molar refractivity (Wildman–Crippen MR) is 83.7 cm³/mol. The molecule has 1 aliphatic heterocycles. The minimum atomic E-state index is 1.09. The van der Waals surface area contributed by atoms with E-state index in [1.165, 1.54) is 33.6 Å². The molecule has 2 aromatic carbocycles. The lowest BCUT2D eigenvalue weighted by Gasteiger charge is -2.22. The molecule has 2 heterocycles. The normalized spacial score (nSPS) is 12.8. The van der Waals surface area contributed by atoms with Crippen LogP contribution in [0.4, 0.5) is 0 Å². The van der Waals surface area contributed by atoms with E-state index in [1.807, 2.05) is 0 Å². The van der Waals surface area contributed by atoms with Gasteiger partial charge in [0.1, 0.15) is 0 Å². The quantitative estimate of drug-likeness (QED) is 0.597. The lowest BCUT2D eigenvalue weighted by atomic mass is 9.94. The summed E-state index contributed by atoms with van der Waals surface area (Å²) in [6.07, 6.45) is 1.13. The van der Waals surface area contributed by atoms with Gasteiger partial charge >= 0.3 is 0 Å². The average Bonchev–Trinajstić information content (AvgIpc) is 2.86. The Bertz CT molecular complexity index is 766. The topological polar surface area (TPSA) is 4.93 Å². The number of nitrogens with zero attached hydrogens (tertiary/aromatic N) is 1. The Morgan fingerprint density at radius 2 is 1.60 bits per heavy atom. The first-order chi connectivity index (χ1) is 9.84. The third-order valence-electron chi connectivity index (χ3n) is 4.27. The minimum Gasteiger partial charge on any atom is -0.344 e. The molecule has 0 saturated carbocycles. The Balaban J connectivity index is 2.02. The number of fused-ring (bicyclic) bond motifs is 3. The summed E-state index contributed by atoms with van der Waals surface area (Å²) >= 11 is 0. The SMILES string of the molecule is Cc1cc(-c2ccccc2)c2n1CCc1ccccc1-2. The molecule has 0 amide bonds. The highest BCUT2D eigenvalue weighted by Gasteiger charge is 2.21. The van der Waals surface area contributed by atoms with Gasteiger partial charge in [-0.15, -0.1) is 0 Å². The highest BCUT2D eigenvalue weighted by atomic mass is 15.0. The van der Waals surface area contributed by atoms with E-state index in [1.54, 1.807) is 0 Å². The van der Waals surface area contributed by atoms with Crippen LogP contribution in [0.2, 0.25) is 0 Å². The van der Waals surface area contributed by atoms with Crippen LogP contribution in [0.15, 0.2) is 60.7 Å². The molecular formula is C19H17N. The van der Waals surface area contributed by atoms with Crippen molar-refractivity contribution < 1.29 is 0 Å². The Labute approximate surface area is 119 Å². The zero-order valence-electron chi connectivity index (χ0n) is 11.6. The summed E-state index contributed by atoms with van der Waals surface area (Å²) in [7, 11) is 0. The standard InChI is InChI=1S/C19H17N/c1-14-13-18(15-7-3-2-4-8-15)19-17-10-6-5-9-16(17)11-12-20(14)19/h2-10,13H,11-12H2,1H3. The van der Waals surface area contributed by atoms with Crippen molar-refractivity contribution in [2.24, 2.45) is 0 Å². The molecule has 20 heavy (non-hydrogen) atoms. The summed E-state index contributed by atoms with van der Waals surface area (Å²) in [4.78, 5) is 0. The van der Waals surface area contributed by atoms with E-state index in [-0.39, 0.29) is 0 Å². The van der Waals surface area contributed by atoms with Gasteiger partial charge in [0.2, 0.25) is 0 Å². The number of benzene rings is 2. The highest BCUT2D eigenvalue weighted by Crippen LogP contribution is 2.39. The molecule has 4 rings (SSSR count). The van der Waals surface area contributed by atoms with Crippen LogP contribution in [-0.2, 0) is 13.0 Å². The van der Waals surface area contributed by atoms with Gasteiger partial charge in [0.25, 0.3) is 0 Å². The second-order valence-electron chi connectivity index (χ2n) is 5.47. The van der Waals surface area contributed by atoms with Crippen molar-refractivity contribution in [2.45, 2.75) is 19.9 Å². The summed E-state index contributed by atoms with van der Waals surface area (Å²) < 4.78 is 2.46. The third kappa shape index (κ3) is 1.63. The van der Waals surface area contributed by atoms with E-state index >= 15 is 0 Å². The summed E-state index contributed by atoms with van der Waals surface area (Å²) in [5.41, 5.74) is 8.26. The Kier molecular flexibility index (Phi) is 2.53. The molecule has 1 aliphatic rings. The van der Waals surface area contributed by atoms with Gasteiger partial charge in [0.15, 0.2) is 0 Å². The van der Waals surface area contributed by atoms with Crippen molar-refractivity contribution in [1.82, 2.24) is 4.57 Å². The van der Waals surface area contributed by atoms with Crippen molar-refractivity contribution in [3.05, 3.63) is 71.9 Å². The van der Waals surface area contributed by atoms with Gasteiger partial charge in [0.05, 0.1) is 5.69 Å². The molecule has 0 saturated heterocycles. The van der Waals surface area contributed by atoms with E-state index in [0.29, 0.717) is 0 Å². The third-order valence-corrected chi connectivity index (χ3v) is 4.27. The second-order valence-corrected chi connectivity index (χ2v) is 5.47. The average molecular weight is 259 g/mol. The van der Waals surface area contributed by atoms with Crippen LogP contribution < -0.4 is 0 Å². The Hall–Kier alpha value is -2.28. The monoisotopic (exact) mass is 259 g/mol. The van der Waals surface area contributed by atoms with Crippen molar-refractivity contribution in [3.8, 4) is 22.4 Å². The maximum absolute atomic E-state index is 2.46. The lowest BCUT2D eigenvalue weighted by Crippen LogP contribution is -2.11. The fourth-order valence-corrected chi connectivity index (χ4v) is 3.29. The lowest BCUT2D eigenvalue weighted by molar-refractivity contribution is 0.671. The molecule has 0 radical (unpaired) electrons.